The molecule has 0 aliphatic rings. The van der Waals surface area contributed by atoms with Crippen LogP contribution in [0.4, 0.5) is 0 Å². The molecule has 0 saturated carbocycles. The summed E-state index contributed by atoms with van der Waals surface area (Å²) in [7, 11) is 0. The first-order valence-electron chi connectivity index (χ1n) is 4.08. The maximum Gasteiger partial charge on any atom is 0.137 e. The lowest BCUT2D eigenvalue weighted by atomic mass is 9.90. The Kier molecular flexibility index (Phi) is 2.65. The predicted molar refractivity (Wildman–Crippen MR) is 48.7 cm³/mol. The quantitative estimate of drug-likeness (QED) is 0.424. The van der Waals surface area contributed by atoms with Gasteiger partial charge in [-0.1, -0.05) is 25.9 Å². The van der Waals surface area contributed by atoms with E-state index < -0.39 is 0 Å². The molecule has 0 fully saturated rings. The normalized spacial score (nSPS) is 13.3. The summed E-state index contributed by atoms with van der Waals surface area (Å²) < 4.78 is 1.63. The van der Waals surface area contributed by atoms with Gasteiger partial charge in [-0.3, -0.25) is 0 Å². The van der Waals surface area contributed by atoms with Crippen LogP contribution in [0.3, 0.4) is 0 Å². The second-order valence-corrected chi connectivity index (χ2v) is 3.89. The van der Waals surface area contributed by atoms with E-state index in [1.165, 1.54) is 6.33 Å². The van der Waals surface area contributed by atoms with Crippen molar-refractivity contribution < 1.29 is 5.21 Å². The first-order chi connectivity index (χ1) is 6.04. The summed E-state index contributed by atoms with van der Waals surface area (Å²) in [6, 6.07) is 0. The summed E-state index contributed by atoms with van der Waals surface area (Å²) in [6.45, 7) is 6.43. The molecule has 0 saturated heterocycles. The van der Waals surface area contributed by atoms with Crippen molar-refractivity contribution in [2.24, 2.45) is 10.6 Å². The van der Waals surface area contributed by atoms with Gasteiger partial charge < -0.3 is 5.21 Å². The molecular weight excluding hydrogens is 168 g/mol. The van der Waals surface area contributed by atoms with Gasteiger partial charge in [0.2, 0.25) is 0 Å². The zero-order valence-electron chi connectivity index (χ0n) is 8.10. The van der Waals surface area contributed by atoms with E-state index in [1.807, 2.05) is 20.8 Å². The molecule has 0 bridgehead atoms. The Morgan fingerprint density at radius 1 is 1.54 bits per heavy atom. The van der Waals surface area contributed by atoms with Gasteiger partial charge in [-0.05, 0) is 0 Å². The Balaban J connectivity index is 2.73. The van der Waals surface area contributed by atoms with Gasteiger partial charge in [0.1, 0.15) is 12.7 Å². The van der Waals surface area contributed by atoms with E-state index in [0.717, 1.165) is 0 Å². The van der Waals surface area contributed by atoms with Crippen LogP contribution in [-0.4, -0.2) is 25.7 Å². The van der Waals surface area contributed by atoms with Gasteiger partial charge in [0.05, 0.1) is 12.3 Å². The average Bonchev–Trinajstić information content (AvgIpc) is 2.49. The van der Waals surface area contributed by atoms with Crippen LogP contribution in [0, 0.1) is 5.41 Å². The first kappa shape index (κ1) is 9.70. The van der Waals surface area contributed by atoms with Crippen molar-refractivity contribution in [2.75, 3.05) is 0 Å². The monoisotopic (exact) mass is 182 g/mol. The minimum absolute atomic E-state index is 0.152. The molecule has 1 N–H and O–H groups in total. The van der Waals surface area contributed by atoms with E-state index in [0.29, 0.717) is 12.3 Å². The van der Waals surface area contributed by atoms with E-state index in [9.17, 15) is 0 Å². The highest BCUT2D eigenvalue weighted by Gasteiger charge is 2.20. The highest BCUT2D eigenvalue weighted by atomic mass is 16.4. The van der Waals surface area contributed by atoms with Crippen LogP contribution >= 0.6 is 0 Å². The van der Waals surface area contributed by atoms with Crippen molar-refractivity contribution in [3.05, 3.63) is 12.7 Å². The fraction of sp³-hybridized carbons (Fsp3) is 0.625. The third-order valence-corrected chi connectivity index (χ3v) is 1.76. The van der Waals surface area contributed by atoms with Gasteiger partial charge in [-0.25, -0.2) is 9.67 Å². The fourth-order valence-electron chi connectivity index (χ4n) is 0.887. The van der Waals surface area contributed by atoms with Crippen molar-refractivity contribution in [3.63, 3.8) is 0 Å². The molecule has 1 heterocycles. The van der Waals surface area contributed by atoms with Crippen molar-refractivity contribution >= 4 is 5.71 Å². The molecule has 0 atom stereocenters. The van der Waals surface area contributed by atoms with Crippen molar-refractivity contribution in [1.29, 1.82) is 0 Å². The molecule has 0 amide bonds. The molecule has 13 heavy (non-hydrogen) atoms. The SMILES string of the molecule is CC(C)(C)/C(Cn1cncn1)=N/O. The maximum atomic E-state index is 8.79. The van der Waals surface area contributed by atoms with E-state index in [4.69, 9.17) is 5.21 Å². The van der Waals surface area contributed by atoms with Crippen LogP contribution in [0.1, 0.15) is 20.8 Å². The Bertz CT molecular complexity index is 284. The molecule has 0 aliphatic carbocycles. The Labute approximate surface area is 77.1 Å². The number of rotatable bonds is 2. The molecule has 1 aromatic rings. The van der Waals surface area contributed by atoms with E-state index in [1.54, 1.807) is 11.0 Å². The molecule has 0 aliphatic heterocycles. The maximum absolute atomic E-state index is 8.79. The zero-order chi connectivity index (χ0) is 9.90. The molecule has 0 aromatic carbocycles. The lowest BCUT2D eigenvalue weighted by Gasteiger charge is -2.19. The molecule has 5 nitrogen and oxygen atoms in total. The molecule has 0 unspecified atom stereocenters. The average molecular weight is 182 g/mol. The van der Waals surface area contributed by atoms with E-state index >= 15 is 0 Å². The Morgan fingerprint density at radius 3 is 2.62 bits per heavy atom. The molecule has 5 heteroatoms. The van der Waals surface area contributed by atoms with Crippen LogP contribution in [-0.2, 0) is 6.54 Å². The number of hydrogen-bond acceptors (Lipinski definition) is 4. The van der Waals surface area contributed by atoms with Gasteiger partial charge in [0.15, 0.2) is 0 Å². The second kappa shape index (κ2) is 3.55. The molecule has 0 radical (unpaired) electrons. The van der Waals surface area contributed by atoms with Crippen LogP contribution in [0.5, 0.6) is 0 Å². The fourth-order valence-corrected chi connectivity index (χ4v) is 0.887. The summed E-state index contributed by atoms with van der Waals surface area (Å²) in [4.78, 5) is 3.81. The molecular formula is C8H14N4O. The highest BCUT2D eigenvalue weighted by Crippen LogP contribution is 2.16. The van der Waals surface area contributed by atoms with Gasteiger partial charge in [0.25, 0.3) is 0 Å². The summed E-state index contributed by atoms with van der Waals surface area (Å²) in [5.41, 5.74) is 0.527. The third kappa shape index (κ3) is 2.54. The summed E-state index contributed by atoms with van der Waals surface area (Å²) in [6.07, 6.45) is 3.05. The van der Waals surface area contributed by atoms with E-state index in [2.05, 4.69) is 15.2 Å². The molecule has 72 valence electrons. The second-order valence-electron chi connectivity index (χ2n) is 3.89. The summed E-state index contributed by atoms with van der Waals surface area (Å²) >= 11 is 0. The Morgan fingerprint density at radius 2 is 2.23 bits per heavy atom. The number of hydrogen-bond donors (Lipinski definition) is 1. The lowest BCUT2D eigenvalue weighted by Crippen LogP contribution is -2.25. The van der Waals surface area contributed by atoms with Crippen molar-refractivity contribution in [3.8, 4) is 0 Å². The van der Waals surface area contributed by atoms with Gasteiger partial charge in [0, 0.05) is 5.41 Å². The molecule has 0 spiro atoms. The number of oxime groups is 1. The standard InChI is InChI=1S/C8H14N4O/c1-8(2,3)7(11-13)4-12-6-9-5-10-12/h5-6,13H,4H2,1-3H3/b11-7+. The predicted octanol–water partition coefficient (Wildman–Crippen LogP) is 1.15. The minimum atomic E-state index is -0.152. The zero-order valence-corrected chi connectivity index (χ0v) is 8.10. The van der Waals surface area contributed by atoms with Gasteiger partial charge in [-0.15, -0.1) is 0 Å². The highest BCUT2D eigenvalue weighted by molar-refractivity contribution is 5.88. The number of nitrogens with zero attached hydrogens (tertiary/aromatic N) is 4. The van der Waals surface area contributed by atoms with Crippen LogP contribution < -0.4 is 0 Å². The van der Waals surface area contributed by atoms with Crippen molar-refractivity contribution in [2.45, 2.75) is 27.3 Å². The Hall–Kier alpha value is -1.39. The number of aromatic nitrogens is 3. The van der Waals surface area contributed by atoms with Crippen molar-refractivity contribution in [1.82, 2.24) is 14.8 Å². The topological polar surface area (TPSA) is 63.3 Å². The minimum Gasteiger partial charge on any atom is -0.411 e. The molecule has 1 rings (SSSR count). The van der Waals surface area contributed by atoms with Gasteiger partial charge in [-0.2, -0.15) is 5.10 Å². The van der Waals surface area contributed by atoms with Crippen LogP contribution in [0.15, 0.2) is 17.8 Å². The van der Waals surface area contributed by atoms with Crippen LogP contribution in [0.2, 0.25) is 0 Å². The summed E-state index contributed by atoms with van der Waals surface area (Å²) in [5.74, 6) is 0. The largest absolute Gasteiger partial charge is 0.411 e. The first-order valence-corrected chi connectivity index (χ1v) is 4.08. The lowest BCUT2D eigenvalue weighted by molar-refractivity contribution is 0.307. The van der Waals surface area contributed by atoms with E-state index in [-0.39, 0.29) is 5.41 Å². The molecule has 1 aromatic heterocycles. The summed E-state index contributed by atoms with van der Waals surface area (Å²) in [5, 5.41) is 16.0. The smallest absolute Gasteiger partial charge is 0.137 e. The third-order valence-electron chi connectivity index (χ3n) is 1.76. The van der Waals surface area contributed by atoms with Gasteiger partial charge >= 0.3 is 0 Å². The van der Waals surface area contributed by atoms with Crippen LogP contribution in [0.25, 0.3) is 0 Å².